The quantitative estimate of drug-likeness (QED) is 0.795. The van der Waals surface area contributed by atoms with Crippen LogP contribution in [0.4, 0.5) is 14.5 Å². The molecule has 0 bridgehead atoms. The van der Waals surface area contributed by atoms with E-state index in [0.29, 0.717) is 17.0 Å². The van der Waals surface area contributed by atoms with Crippen LogP contribution in [0.2, 0.25) is 5.02 Å². The Morgan fingerprint density at radius 2 is 1.69 bits per heavy atom. The van der Waals surface area contributed by atoms with Gasteiger partial charge < -0.3 is 5.32 Å². The molecule has 2 aromatic rings. The first-order valence-electron chi connectivity index (χ1n) is 8.01. The smallest absolute Gasteiger partial charge is 0.278 e. The maximum Gasteiger partial charge on any atom is 0.278 e. The zero-order chi connectivity index (χ0) is 18.8. The molecule has 1 N–H and O–H groups in total. The number of benzene rings is 2. The number of carbonyl (C=O) groups is 2. The molecule has 0 unspecified atom stereocenters. The molecule has 0 atom stereocenters. The molecule has 0 radical (unpaired) electrons. The molecule has 0 saturated carbocycles. The molecule has 7 heteroatoms. The number of halogens is 3. The van der Waals surface area contributed by atoms with Crippen LogP contribution < -0.4 is 5.32 Å². The molecule has 2 aromatic carbocycles. The van der Waals surface area contributed by atoms with Gasteiger partial charge >= 0.3 is 0 Å². The maximum atomic E-state index is 13.5. The standard InChI is InChI=1S/C19H15ClF2N2O2/c1-2-9-24-18(25)16(11-3-5-12(20)6-4-11)17(19(24)26)23-13-7-8-14(21)15(22)10-13/h3-8,10,23H,2,9H2,1H3. The third kappa shape index (κ3) is 3.32. The fourth-order valence-corrected chi connectivity index (χ4v) is 2.85. The Hall–Kier alpha value is -2.73. The fraction of sp³-hybridized carbons (Fsp3) is 0.158. The van der Waals surface area contributed by atoms with E-state index in [1.165, 1.54) is 6.07 Å². The van der Waals surface area contributed by atoms with Gasteiger partial charge in [0.25, 0.3) is 11.8 Å². The van der Waals surface area contributed by atoms with Crippen molar-refractivity contribution in [2.45, 2.75) is 13.3 Å². The van der Waals surface area contributed by atoms with Crippen molar-refractivity contribution in [2.24, 2.45) is 0 Å². The highest BCUT2D eigenvalue weighted by Crippen LogP contribution is 2.31. The molecule has 3 rings (SSSR count). The minimum absolute atomic E-state index is 0.0248. The molecule has 26 heavy (non-hydrogen) atoms. The molecular weight excluding hydrogens is 362 g/mol. The van der Waals surface area contributed by atoms with Crippen molar-refractivity contribution in [3.63, 3.8) is 0 Å². The molecule has 1 aliphatic heterocycles. The summed E-state index contributed by atoms with van der Waals surface area (Å²) < 4.78 is 26.6. The van der Waals surface area contributed by atoms with E-state index in [2.05, 4.69) is 5.32 Å². The summed E-state index contributed by atoms with van der Waals surface area (Å²) in [7, 11) is 0. The van der Waals surface area contributed by atoms with E-state index in [1.54, 1.807) is 24.3 Å². The summed E-state index contributed by atoms with van der Waals surface area (Å²) in [6.07, 6.45) is 0.601. The number of nitrogens with one attached hydrogen (secondary N) is 1. The van der Waals surface area contributed by atoms with Crippen molar-refractivity contribution in [2.75, 3.05) is 11.9 Å². The van der Waals surface area contributed by atoms with Crippen LogP contribution >= 0.6 is 11.6 Å². The van der Waals surface area contributed by atoms with E-state index >= 15 is 0 Å². The van der Waals surface area contributed by atoms with Crippen LogP contribution in [0.5, 0.6) is 0 Å². The van der Waals surface area contributed by atoms with Gasteiger partial charge in [-0.15, -0.1) is 0 Å². The second kappa shape index (κ2) is 7.25. The molecule has 134 valence electrons. The first-order chi connectivity index (χ1) is 12.4. The van der Waals surface area contributed by atoms with Crippen LogP contribution in [0, 0.1) is 11.6 Å². The summed E-state index contributed by atoms with van der Waals surface area (Å²) in [5, 5.41) is 3.26. The highest BCUT2D eigenvalue weighted by Gasteiger charge is 2.38. The highest BCUT2D eigenvalue weighted by atomic mass is 35.5. The van der Waals surface area contributed by atoms with Crippen LogP contribution in [0.1, 0.15) is 18.9 Å². The lowest BCUT2D eigenvalue weighted by Gasteiger charge is -2.13. The predicted octanol–water partition coefficient (Wildman–Crippen LogP) is 4.22. The van der Waals surface area contributed by atoms with Gasteiger partial charge in [0.1, 0.15) is 5.70 Å². The van der Waals surface area contributed by atoms with Crippen molar-refractivity contribution in [3.05, 3.63) is 70.4 Å². The minimum atomic E-state index is -1.05. The lowest BCUT2D eigenvalue weighted by atomic mass is 10.0. The first-order valence-corrected chi connectivity index (χ1v) is 8.38. The van der Waals surface area contributed by atoms with Crippen LogP contribution in [0.3, 0.4) is 0 Å². The minimum Gasteiger partial charge on any atom is -0.350 e. The number of imide groups is 1. The van der Waals surface area contributed by atoms with E-state index in [4.69, 9.17) is 11.6 Å². The molecule has 1 aliphatic rings. The third-order valence-electron chi connectivity index (χ3n) is 3.94. The second-order valence-corrected chi connectivity index (χ2v) is 6.21. The number of carbonyl (C=O) groups excluding carboxylic acids is 2. The number of anilines is 1. The summed E-state index contributed by atoms with van der Waals surface area (Å²) in [4.78, 5) is 26.6. The van der Waals surface area contributed by atoms with Gasteiger partial charge in [-0.3, -0.25) is 14.5 Å². The van der Waals surface area contributed by atoms with Gasteiger partial charge in [-0.05, 0) is 36.2 Å². The van der Waals surface area contributed by atoms with Crippen LogP contribution in [0.25, 0.3) is 5.57 Å². The van der Waals surface area contributed by atoms with Gasteiger partial charge in [-0.25, -0.2) is 8.78 Å². The zero-order valence-corrected chi connectivity index (χ0v) is 14.6. The van der Waals surface area contributed by atoms with Crippen molar-refractivity contribution in [1.29, 1.82) is 0 Å². The van der Waals surface area contributed by atoms with Gasteiger partial charge in [-0.1, -0.05) is 30.7 Å². The van der Waals surface area contributed by atoms with Gasteiger partial charge in [0.15, 0.2) is 11.6 Å². The molecule has 0 spiro atoms. The number of hydrogen-bond donors (Lipinski definition) is 1. The molecular formula is C19H15ClF2N2O2. The topological polar surface area (TPSA) is 49.4 Å². The lowest BCUT2D eigenvalue weighted by molar-refractivity contribution is -0.136. The molecule has 0 aromatic heterocycles. The number of amides is 2. The normalized spacial score (nSPS) is 14.4. The summed E-state index contributed by atoms with van der Waals surface area (Å²) in [5.74, 6) is -2.99. The molecule has 0 aliphatic carbocycles. The highest BCUT2D eigenvalue weighted by molar-refractivity contribution is 6.36. The van der Waals surface area contributed by atoms with Gasteiger partial charge in [0, 0.05) is 23.3 Å². The van der Waals surface area contributed by atoms with Gasteiger partial charge in [-0.2, -0.15) is 0 Å². The Labute approximate surface area is 154 Å². The van der Waals surface area contributed by atoms with E-state index in [0.717, 1.165) is 17.0 Å². The van der Waals surface area contributed by atoms with E-state index in [9.17, 15) is 18.4 Å². The number of nitrogens with zero attached hydrogens (tertiary/aromatic N) is 1. The van der Waals surface area contributed by atoms with E-state index in [1.807, 2.05) is 6.92 Å². The summed E-state index contributed by atoms with van der Waals surface area (Å²) in [6.45, 7) is 2.11. The Morgan fingerprint density at radius 3 is 2.31 bits per heavy atom. The average molecular weight is 377 g/mol. The van der Waals surface area contributed by atoms with Crippen LogP contribution in [0.15, 0.2) is 48.2 Å². The van der Waals surface area contributed by atoms with Crippen molar-refractivity contribution in [1.82, 2.24) is 4.90 Å². The number of rotatable bonds is 5. The van der Waals surface area contributed by atoms with E-state index in [-0.39, 0.29) is 23.5 Å². The lowest BCUT2D eigenvalue weighted by Crippen LogP contribution is -2.33. The molecule has 4 nitrogen and oxygen atoms in total. The summed E-state index contributed by atoms with van der Waals surface area (Å²) >= 11 is 5.89. The predicted molar refractivity (Wildman–Crippen MR) is 95.4 cm³/mol. The largest absolute Gasteiger partial charge is 0.350 e. The molecule has 2 amide bonds. The van der Waals surface area contributed by atoms with Gasteiger partial charge in [0.05, 0.1) is 5.57 Å². The Morgan fingerprint density at radius 1 is 1.00 bits per heavy atom. The monoisotopic (exact) mass is 376 g/mol. The van der Waals surface area contributed by atoms with Gasteiger partial charge in [0.2, 0.25) is 0 Å². The van der Waals surface area contributed by atoms with E-state index < -0.39 is 23.4 Å². The Balaban J connectivity index is 2.07. The zero-order valence-electron chi connectivity index (χ0n) is 13.9. The van der Waals surface area contributed by atoms with Crippen molar-refractivity contribution >= 4 is 34.7 Å². The molecule has 1 heterocycles. The number of hydrogen-bond acceptors (Lipinski definition) is 3. The summed E-state index contributed by atoms with van der Waals surface area (Å²) in [6, 6.07) is 9.66. The maximum absolute atomic E-state index is 13.5. The van der Waals surface area contributed by atoms with Crippen molar-refractivity contribution < 1.29 is 18.4 Å². The first kappa shape index (κ1) is 18.1. The Kier molecular flexibility index (Phi) is 5.04. The molecule has 0 fully saturated rings. The average Bonchev–Trinajstić information content (AvgIpc) is 2.84. The van der Waals surface area contributed by atoms with Crippen LogP contribution in [-0.2, 0) is 9.59 Å². The van der Waals surface area contributed by atoms with Crippen molar-refractivity contribution in [3.8, 4) is 0 Å². The summed E-state index contributed by atoms with van der Waals surface area (Å²) in [5.41, 5.74) is 0.878. The molecule has 0 saturated heterocycles. The third-order valence-corrected chi connectivity index (χ3v) is 4.19. The fourth-order valence-electron chi connectivity index (χ4n) is 2.72. The van der Waals surface area contributed by atoms with Crippen LogP contribution in [-0.4, -0.2) is 23.3 Å². The SMILES string of the molecule is CCCN1C(=O)C(Nc2ccc(F)c(F)c2)=C(c2ccc(Cl)cc2)C1=O. The second-order valence-electron chi connectivity index (χ2n) is 5.77. The Bertz CT molecular complexity index is 910.